The predicted octanol–water partition coefficient (Wildman–Crippen LogP) is 0.273. The van der Waals surface area contributed by atoms with Crippen LogP contribution in [0.4, 0.5) is 18.0 Å². The number of sulfonamides is 1. The van der Waals surface area contributed by atoms with Gasteiger partial charge in [0, 0.05) is 39.3 Å². The summed E-state index contributed by atoms with van der Waals surface area (Å²) in [5.41, 5.74) is -5.28. The first kappa shape index (κ1) is 26.7. The van der Waals surface area contributed by atoms with Gasteiger partial charge in [0.15, 0.2) is 5.96 Å². The summed E-state index contributed by atoms with van der Waals surface area (Å²) < 4.78 is 61.2. The molecular formula is C15H26F3IN6O4S. The third kappa shape index (κ3) is 6.83. The number of aliphatic imine (C=N–C) groups is 1. The van der Waals surface area contributed by atoms with Gasteiger partial charge in [-0.15, -0.1) is 24.0 Å². The van der Waals surface area contributed by atoms with Crippen LogP contribution in [0.1, 0.15) is 19.8 Å². The van der Waals surface area contributed by atoms with Crippen LogP contribution in [0.2, 0.25) is 0 Å². The molecule has 10 nitrogen and oxygen atoms in total. The van der Waals surface area contributed by atoms with Crippen molar-refractivity contribution in [3.8, 4) is 0 Å². The minimum atomic E-state index is -5.28. The molecule has 2 heterocycles. The number of piperidine rings is 1. The molecule has 0 atom stereocenters. The van der Waals surface area contributed by atoms with E-state index in [1.165, 1.54) is 0 Å². The molecule has 0 aromatic heterocycles. The Bertz CT molecular complexity index is 725. The van der Waals surface area contributed by atoms with Crippen molar-refractivity contribution in [1.29, 1.82) is 0 Å². The number of urea groups is 1. The molecule has 2 rings (SSSR count). The fraction of sp³-hybridized carbons (Fsp3) is 0.800. The van der Waals surface area contributed by atoms with E-state index >= 15 is 0 Å². The largest absolute Gasteiger partial charge is 0.511 e. The lowest BCUT2D eigenvalue weighted by Gasteiger charge is -2.30. The molecule has 0 aromatic rings. The molecule has 3 amide bonds. The van der Waals surface area contributed by atoms with Gasteiger partial charge >= 0.3 is 21.6 Å². The Morgan fingerprint density at radius 1 is 1.23 bits per heavy atom. The SMILES string of the molecule is CCNC(=NCC1CCN(S(=O)(=O)C(F)(F)F)CC1)NCCN1C(=O)CNC1=O.I. The highest BCUT2D eigenvalue weighted by atomic mass is 127. The zero-order chi connectivity index (χ0) is 21.7. The van der Waals surface area contributed by atoms with Crippen LogP contribution in [0.5, 0.6) is 0 Å². The average molecular weight is 570 g/mol. The van der Waals surface area contributed by atoms with Gasteiger partial charge in [0.25, 0.3) is 0 Å². The molecule has 3 N–H and O–H groups in total. The van der Waals surface area contributed by atoms with Crippen molar-refractivity contribution in [1.82, 2.24) is 25.2 Å². The Balaban J connectivity index is 0.00000450. The number of nitrogens with one attached hydrogen (secondary N) is 3. The van der Waals surface area contributed by atoms with E-state index in [1.807, 2.05) is 6.92 Å². The smallest absolute Gasteiger partial charge is 0.357 e. The second kappa shape index (κ2) is 11.3. The van der Waals surface area contributed by atoms with Gasteiger partial charge in [-0.1, -0.05) is 0 Å². The van der Waals surface area contributed by atoms with Crippen LogP contribution in [0.15, 0.2) is 4.99 Å². The minimum absolute atomic E-state index is 0. The number of amides is 3. The van der Waals surface area contributed by atoms with Crippen LogP contribution in [0, 0.1) is 5.92 Å². The van der Waals surface area contributed by atoms with E-state index in [4.69, 9.17) is 0 Å². The summed E-state index contributed by atoms with van der Waals surface area (Å²) in [5.74, 6) is 0.0975. The van der Waals surface area contributed by atoms with E-state index in [2.05, 4.69) is 20.9 Å². The molecule has 0 saturated carbocycles. The van der Waals surface area contributed by atoms with E-state index in [1.54, 1.807) is 0 Å². The number of guanidine groups is 1. The van der Waals surface area contributed by atoms with Gasteiger partial charge in [-0.25, -0.2) is 13.2 Å². The van der Waals surface area contributed by atoms with Crippen molar-refractivity contribution in [3.63, 3.8) is 0 Å². The maximum atomic E-state index is 12.6. The number of rotatable bonds is 7. The van der Waals surface area contributed by atoms with Gasteiger partial charge in [-0.05, 0) is 25.7 Å². The van der Waals surface area contributed by atoms with Crippen molar-refractivity contribution in [2.45, 2.75) is 25.3 Å². The number of carbonyl (C=O) groups is 2. The fourth-order valence-corrected chi connectivity index (χ4v) is 3.99. The molecule has 0 bridgehead atoms. The number of imide groups is 1. The summed E-state index contributed by atoms with van der Waals surface area (Å²) in [7, 11) is -5.28. The van der Waals surface area contributed by atoms with E-state index < -0.39 is 21.6 Å². The normalized spacial score (nSPS) is 19.5. The van der Waals surface area contributed by atoms with Gasteiger partial charge in [0.2, 0.25) is 5.91 Å². The molecule has 2 aliphatic heterocycles. The third-order valence-electron chi connectivity index (χ3n) is 4.62. The Labute approximate surface area is 190 Å². The molecule has 15 heteroatoms. The van der Waals surface area contributed by atoms with E-state index in [-0.39, 0.29) is 81.4 Å². The summed E-state index contributed by atoms with van der Waals surface area (Å²) in [4.78, 5) is 28.5. The zero-order valence-electron chi connectivity index (χ0n) is 16.4. The molecule has 2 fully saturated rings. The van der Waals surface area contributed by atoms with Crippen molar-refractivity contribution >= 4 is 51.9 Å². The molecule has 30 heavy (non-hydrogen) atoms. The van der Waals surface area contributed by atoms with Gasteiger partial charge in [0.1, 0.15) is 0 Å². The standard InChI is InChI=1S/C15H25F3N6O4S.HI/c1-2-19-13(20-5-8-24-12(25)10-22-14(24)26)21-9-11-3-6-23(7-4-11)29(27,28)15(16,17)18;/h11H,2-10H2,1H3,(H,22,26)(H2,19,20,21);1H. The first-order chi connectivity index (χ1) is 13.6. The first-order valence-electron chi connectivity index (χ1n) is 9.23. The van der Waals surface area contributed by atoms with Crippen LogP contribution in [-0.2, 0) is 14.8 Å². The molecule has 174 valence electrons. The van der Waals surface area contributed by atoms with Gasteiger partial charge in [0.05, 0.1) is 6.54 Å². The topological polar surface area (TPSA) is 123 Å². The Morgan fingerprint density at radius 3 is 2.37 bits per heavy atom. The van der Waals surface area contributed by atoms with Gasteiger partial charge in [-0.2, -0.15) is 17.5 Å². The Kier molecular flexibility index (Phi) is 10.1. The number of carbonyl (C=O) groups excluding carboxylic acids is 2. The molecular weight excluding hydrogens is 544 g/mol. The van der Waals surface area contributed by atoms with Crippen molar-refractivity contribution in [2.24, 2.45) is 10.9 Å². The molecule has 0 aliphatic carbocycles. The van der Waals surface area contributed by atoms with Crippen LogP contribution in [-0.4, -0.2) is 86.8 Å². The highest BCUT2D eigenvalue weighted by Crippen LogP contribution is 2.30. The Morgan fingerprint density at radius 2 is 1.87 bits per heavy atom. The summed E-state index contributed by atoms with van der Waals surface area (Å²) in [6.07, 6.45) is 0.557. The highest BCUT2D eigenvalue weighted by molar-refractivity contribution is 14.0. The molecule has 0 spiro atoms. The van der Waals surface area contributed by atoms with E-state index in [0.717, 1.165) is 4.90 Å². The van der Waals surface area contributed by atoms with Crippen molar-refractivity contribution < 1.29 is 31.2 Å². The monoisotopic (exact) mass is 570 g/mol. The zero-order valence-corrected chi connectivity index (χ0v) is 19.5. The number of nitrogens with zero attached hydrogens (tertiary/aromatic N) is 3. The van der Waals surface area contributed by atoms with E-state index in [0.29, 0.717) is 23.4 Å². The van der Waals surface area contributed by atoms with Crippen molar-refractivity contribution in [3.05, 3.63) is 0 Å². The second-order valence-corrected chi connectivity index (χ2v) is 8.57. The molecule has 2 aliphatic rings. The maximum Gasteiger partial charge on any atom is 0.511 e. The highest BCUT2D eigenvalue weighted by Gasteiger charge is 2.50. The molecule has 0 unspecified atom stereocenters. The van der Waals surface area contributed by atoms with Crippen LogP contribution < -0.4 is 16.0 Å². The molecule has 0 radical (unpaired) electrons. The van der Waals surface area contributed by atoms with Crippen LogP contribution >= 0.6 is 24.0 Å². The van der Waals surface area contributed by atoms with Crippen LogP contribution in [0.3, 0.4) is 0 Å². The quantitative estimate of drug-likeness (QED) is 0.175. The molecule has 0 aromatic carbocycles. The van der Waals surface area contributed by atoms with Crippen molar-refractivity contribution in [2.75, 3.05) is 45.8 Å². The lowest BCUT2D eigenvalue weighted by atomic mass is 9.98. The van der Waals surface area contributed by atoms with E-state index in [9.17, 15) is 31.2 Å². The second-order valence-electron chi connectivity index (χ2n) is 6.64. The number of halogens is 4. The third-order valence-corrected chi connectivity index (χ3v) is 6.25. The number of alkyl halides is 3. The number of hydrogen-bond donors (Lipinski definition) is 3. The lowest BCUT2D eigenvalue weighted by Crippen LogP contribution is -2.45. The lowest BCUT2D eigenvalue weighted by molar-refractivity contribution is -0.124. The predicted molar refractivity (Wildman–Crippen MR) is 114 cm³/mol. The van der Waals surface area contributed by atoms with Gasteiger partial charge < -0.3 is 16.0 Å². The first-order valence-corrected chi connectivity index (χ1v) is 10.7. The van der Waals surface area contributed by atoms with Crippen LogP contribution in [0.25, 0.3) is 0 Å². The van der Waals surface area contributed by atoms with Gasteiger partial charge in [-0.3, -0.25) is 14.7 Å². The summed E-state index contributed by atoms with van der Waals surface area (Å²) in [6, 6.07) is -0.445. The Hall–Kier alpha value is -1.36. The summed E-state index contributed by atoms with van der Waals surface area (Å²) >= 11 is 0. The summed E-state index contributed by atoms with van der Waals surface area (Å²) in [6.45, 7) is 2.78. The summed E-state index contributed by atoms with van der Waals surface area (Å²) in [5, 5.41) is 8.41. The average Bonchev–Trinajstić information content (AvgIpc) is 2.97. The number of hydrogen-bond acceptors (Lipinski definition) is 5. The fourth-order valence-electron chi connectivity index (χ4n) is 3.01. The minimum Gasteiger partial charge on any atom is -0.357 e. The maximum absolute atomic E-state index is 12.6. The molecule has 2 saturated heterocycles.